The number of nitrogen functional groups attached to an aromatic ring is 1. The first kappa shape index (κ1) is 15.4. The van der Waals surface area contributed by atoms with Gasteiger partial charge in [-0.05, 0) is 54.7 Å². The molecule has 5 aromatic rings. The van der Waals surface area contributed by atoms with Crippen molar-refractivity contribution in [2.24, 2.45) is 0 Å². The Balaban J connectivity index is 1.70. The molecule has 138 valence electrons. The molecule has 0 unspecified atom stereocenters. The first-order chi connectivity index (χ1) is 13.6. The fourth-order valence-corrected chi connectivity index (χ4v) is 4.19. The number of hydrogen-bond acceptors (Lipinski definition) is 5. The Morgan fingerprint density at radius 3 is 2.93 bits per heavy atom. The Morgan fingerprint density at radius 2 is 2.11 bits per heavy atom. The van der Waals surface area contributed by atoms with Gasteiger partial charge in [0.2, 0.25) is 0 Å². The molecule has 6 rings (SSSR count). The lowest BCUT2D eigenvalue weighted by molar-refractivity contribution is 0.604. The van der Waals surface area contributed by atoms with Crippen LogP contribution in [0.4, 0.5) is 5.95 Å². The Hall–Kier alpha value is -3.61. The number of rotatable bonds is 2. The molecule has 1 fully saturated rings. The van der Waals surface area contributed by atoms with E-state index in [2.05, 4.69) is 27.9 Å². The molecule has 0 saturated heterocycles. The first-order valence-corrected chi connectivity index (χ1v) is 9.28. The second-order valence-electron chi connectivity index (χ2n) is 7.42. The van der Waals surface area contributed by atoms with Crippen LogP contribution in [-0.2, 0) is 0 Å². The van der Waals surface area contributed by atoms with Crippen LogP contribution in [0, 0.1) is 6.92 Å². The first-order valence-electron chi connectivity index (χ1n) is 9.28. The number of nitrogens with one attached hydrogen (secondary N) is 1. The van der Waals surface area contributed by atoms with Crippen molar-refractivity contribution in [3.8, 4) is 11.1 Å². The largest absolute Gasteiger partial charge is 0.443 e. The van der Waals surface area contributed by atoms with E-state index in [4.69, 9.17) is 10.2 Å². The maximum Gasteiger partial charge on any atom is 0.281 e. The molecular weight excluding hydrogens is 354 g/mol. The van der Waals surface area contributed by atoms with E-state index < -0.39 is 0 Å². The maximum atomic E-state index is 13.1. The zero-order valence-electron chi connectivity index (χ0n) is 15.2. The van der Waals surface area contributed by atoms with Crippen molar-refractivity contribution in [2.75, 3.05) is 5.73 Å². The lowest BCUT2D eigenvalue weighted by atomic mass is 9.96. The maximum absolute atomic E-state index is 13.1. The van der Waals surface area contributed by atoms with E-state index in [9.17, 15) is 4.79 Å². The van der Waals surface area contributed by atoms with Crippen LogP contribution in [0.5, 0.6) is 0 Å². The van der Waals surface area contributed by atoms with E-state index in [-0.39, 0.29) is 11.6 Å². The smallest absolute Gasteiger partial charge is 0.281 e. The van der Waals surface area contributed by atoms with Crippen LogP contribution in [-0.4, -0.2) is 19.5 Å². The number of imidazole rings is 1. The quantitative estimate of drug-likeness (QED) is 0.490. The van der Waals surface area contributed by atoms with Crippen LogP contribution in [0.25, 0.3) is 44.2 Å². The molecule has 0 spiro atoms. The van der Waals surface area contributed by atoms with Crippen LogP contribution >= 0.6 is 0 Å². The molecule has 0 radical (unpaired) electrons. The summed E-state index contributed by atoms with van der Waals surface area (Å²) >= 11 is 0. The minimum Gasteiger partial charge on any atom is -0.443 e. The van der Waals surface area contributed by atoms with Crippen LogP contribution in [0.1, 0.15) is 24.4 Å². The Labute approximate surface area is 158 Å². The number of H-pyrrole nitrogens is 1. The van der Waals surface area contributed by atoms with Gasteiger partial charge in [0.15, 0.2) is 23.4 Å². The number of fused-ring (bicyclic) bond motifs is 4. The third kappa shape index (κ3) is 2.01. The summed E-state index contributed by atoms with van der Waals surface area (Å²) < 4.78 is 7.49. The highest BCUT2D eigenvalue weighted by molar-refractivity contribution is 6.04. The van der Waals surface area contributed by atoms with Gasteiger partial charge < -0.3 is 19.7 Å². The van der Waals surface area contributed by atoms with Crippen LogP contribution in [0.2, 0.25) is 0 Å². The minimum atomic E-state index is -0.0733. The van der Waals surface area contributed by atoms with Gasteiger partial charge >= 0.3 is 0 Å². The summed E-state index contributed by atoms with van der Waals surface area (Å²) in [5.41, 5.74) is 12.5. The second kappa shape index (κ2) is 5.22. The number of aryl methyl sites for hydroxylation is 1. The third-order valence-electron chi connectivity index (χ3n) is 5.63. The topological polar surface area (TPSA) is 103 Å². The van der Waals surface area contributed by atoms with Gasteiger partial charge in [-0.3, -0.25) is 4.79 Å². The summed E-state index contributed by atoms with van der Waals surface area (Å²) in [5.74, 6) is 0.401. The Morgan fingerprint density at radius 1 is 1.25 bits per heavy atom. The average Bonchev–Trinajstić information content (AvgIpc) is 3.25. The third-order valence-corrected chi connectivity index (χ3v) is 5.63. The van der Waals surface area contributed by atoms with Crippen LogP contribution < -0.4 is 11.3 Å². The molecule has 3 N–H and O–H groups in total. The molecular formula is C21H17N5O2. The van der Waals surface area contributed by atoms with E-state index in [1.807, 2.05) is 28.8 Å². The van der Waals surface area contributed by atoms with Crippen LogP contribution in [0.15, 0.2) is 45.9 Å². The summed E-state index contributed by atoms with van der Waals surface area (Å²) in [4.78, 5) is 24.6. The van der Waals surface area contributed by atoms with Crippen molar-refractivity contribution >= 4 is 39.0 Å². The molecule has 1 aliphatic rings. The molecule has 1 saturated carbocycles. The Kier molecular flexibility index (Phi) is 2.88. The fourth-order valence-electron chi connectivity index (χ4n) is 4.19. The van der Waals surface area contributed by atoms with E-state index in [1.165, 1.54) is 6.39 Å². The minimum absolute atomic E-state index is 0.0733. The number of nitrogens with zero attached hydrogens (tertiary/aromatic N) is 3. The lowest BCUT2D eigenvalue weighted by Crippen LogP contribution is -2.20. The highest BCUT2D eigenvalue weighted by Gasteiger charge is 2.29. The number of benzene rings is 2. The van der Waals surface area contributed by atoms with Gasteiger partial charge in [-0.2, -0.15) is 0 Å². The molecule has 3 heterocycles. The number of oxazole rings is 1. The number of nitrogens with two attached hydrogens (primary N) is 1. The van der Waals surface area contributed by atoms with Gasteiger partial charge in [-0.15, -0.1) is 0 Å². The highest BCUT2D eigenvalue weighted by atomic mass is 16.3. The second-order valence-corrected chi connectivity index (χ2v) is 7.42. The Bertz CT molecular complexity index is 1470. The van der Waals surface area contributed by atoms with Gasteiger partial charge in [0.05, 0.1) is 16.6 Å². The highest BCUT2D eigenvalue weighted by Crippen LogP contribution is 2.40. The van der Waals surface area contributed by atoms with E-state index in [0.29, 0.717) is 17.0 Å². The molecule has 1 aliphatic carbocycles. The van der Waals surface area contributed by atoms with E-state index in [0.717, 1.165) is 51.5 Å². The molecule has 2 aromatic carbocycles. The number of aromatic nitrogens is 4. The summed E-state index contributed by atoms with van der Waals surface area (Å²) in [6.45, 7) is 2.06. The van der Waals surface area contributed by atoms with Crippen molar-refractivity contribution in [3.63, 3.8) is 0 Å². The number of aromatic amines is 1. The van der Waals surface area contributed by atoms with E-state index >= 15 is 0 Å². The van der Waals surface area contributed by atoms with Crippen molar-refractivity contribution in [3.05, 3.63) is 52.6 Å². The number of hydrogen-bond donors (Lipinski definition) is 2. The van der Waals surface area contributed by atoms with Crippen LogP contribution in [0.3, 0.4) is 0 Å². The molecule has 0 aliphatic heterocycles. The fraction of sp³-hybridized carbons (Fsp3) is 0.190. The van der Waals surface area contributed by atoms with Crippen molar-refractivity contribution in [2.45, 2.75) is 25.8 Å². The monoisotopic (exact) mass is 371 g/mol. The van der Waals surface area contributed by atoms with Gasteiger partial charge in [0.1, 0.15) is 0 Å². The molecule has 0 atom stereocenters. The van der Waals surface area contributed by atoms with Crippen molar-refractivity contribution in [1.29, 1.82) is 0 Å². The van der Waals surface area contributed by atoms with Gasteiger partial charge in [0.25, 0.3) is 5.56 Å². The SMILES string of the molecule is Cc1c(-c2ccc3nc(N)[nH]c3c2)ccc2c3ocnc3c(=O)n(C3CC3)c12. The molecule has 0 amide bonds. The van der Waals surface area contributed by atoms with E-state index in [1.54, 1.807) is 0 Å². The lowest BCUT2D eigenvalue weighted by Gasteiger charge is -2.15. The molecule has 0 bridgehead atoms. The normalized spacial score (nSPS) is 14.5. The number of pyridine rings is 1. The zero-order chi connectivity index (χ0) is 19.0. The van der Waals surface area contributed by atoms with Gasteiger partial charge in [-0.25, -0.2) is 9.97 Å². The summed E-state index contributed by atoms with van der Waals surface area (Å²) in [6, 6.07) is 10.4. The predicted octanol–water partition coefficient (Wildman–Crippen LogP) is 3.91. The average molecular weight is 371 g/mol. The van der Waals surface area contributed by atoms with Gasteiger partial charge in [-0.1, -0.05) is 12.1 Å². The molecule has 7 nitrogen and oxygen atoms in total. The predicted molar refractivity (Wildman–Crippen MR) is 108 cm³/mol. The van der Waals surface area contributed by atoms with Crippen molar-refractivity contribution in [1.82, 2.24) is 19.5 Å². The zero-order valence-corrected chi connectivity index (χ0v) is 15.2. The number of anilines is 1. The molecule has 28 heavy (non-hydrogen) atoms. The molecule has 7 heteroatoms. The standard InChI is InChI=1S/C21H17N5O2/c1-10-13(11-2-7-15-16(8-11)25-21(22)24-15)5-6-14-18(10)26(12-3-4-12)20(27)17-19(14)28-9-23-17/h2,5-9,12H,3-4H2,1H3,(H3,22,24,25). The summed E-state index contributed by atoms with van der Waals surface area (Å²) in [5, 5.41) is 0.923. The van der Waals surface area contributed by atoms with Gasteiger partial charge in [0, 0.05) is 11.4 Å². The molecule has 3 aromatic heterocycles. The van der Waals surface area contributed by atoms with Crippen molar-refractivity contribution < 1.29 is 4.42 Å². The summed E-state index contributed by atoms with van der Waals surface area (Å²) in [7, 11) is 0. The summed E-state index contributed by atoms with van der Waals surface area (Å²) in [6.07, 6.45) is 3.38.